The lowest BCUT2D eigenvalue weighted by atomic mass is 10.0. The summed E-state index contributed by atoms with van der Waals surface area (Å²) in [6.07, 6.45) is 2.34. The van der Waals surface area contributed by atoms with Gasteiger partial charge in [-0.1, -0.05) is 19.1 Å². The van der Waals surface area contributed by atoms with Crippen molar-refractivity contribution >= 4 is 38.8 Å². The van der Waals surface area contributed by atoms with E-state index in [1.807, 2.05) is 35.2 Å². The zero-order valence-corrected chi connectivity index (χ0v) is 14.6. The van der Waals surface area contributed by atoms with Gasteiger partial charge in [-0.05, 0) is 43.0 Å². The molecule has 5 heteroatoms. The maximum atomic E-state index is 12.7. The second-order valence-corrected chi connectivity index (χ2v) is 8.26. The molecule has 3 aromatic rings. The van der Waals surface area contributed by atoms with Crippen LogP contribution >= 0.6 is 22.7 Å². The van der Waals surface area contributed by atoms with Crippen LogP contribution in [0.2, 0.25) is 0 Å². The van der Waals surface area contributed by atoms with E-state index < -0.39 is 0 Å². The summed E-state index contributed by atoms with van der Waals surface area (Å²) in [6, 6.07) is 12.1. The topological polar surface area (TPSA) is 33.2 Å². The van der Waals surface area contributed by atoms with Gasteiger partial charge in [0.25, 0.3) is 5.91 Å². The Morgan fingerprint density at radius 1 is 1.22 bits per heavy atom. The molecule has 1 fully saturated rings. The molecule has 1 unspecified atom stereocenters. The summed E-state index contributed by atoms with van der Waals surface area (Å²) in [5, 5.41) is 1.00. The fraction of sp³-hybridized carbons (Fsp3) is 0.333. The Morgan fingerprint density at radius 3 is 2.91 bits per heavy atom. The number of benzene rings is 1. The van der Waals surface area contributed by atoms with Crippen molar-refractivity contribution in [1.29, 1.82) is 0 Å². The Bertz CT molecular complexity index is 818. The number of fused-ring (bicyclic) bond motifs is 1. The van der Waals surface area contributed by atoms with Gasteiger partial charge in [-0.2, -0.15) is 0 Å². The minimum Gasteiger partial charge on any atom is -0.338 e. The summed E-state index contributed by atoms with van der Waals surface area (Å²) in [4.78, 5) is 21.3. The van der Waals surface area contributed by atoms with Gasteiger partial charge >= 0.3 is 0 Å². The van der Waals surface area contributed by atoms with Crippen LogP contribution in [0.3, 0.4) is 0 Å². The molecule has 3 nitrogen and oxygen atoms in total. The van der Waals surface area contributed by atoms with E-state index in [2.05, 4.69) is 18.0 Å². The van der Waals surface area contributed by atoms with Crippen LogP contribution in [0.5, 0.6) is 0 Å². The highest BCUT2D eigenvalue weighted by atomic mass is 32.1. The Hall–Kier alpha value is -1.72. The molecule has 1 aliphatic heterocycles. The van der Waals surface area contributed by atoms with Crippen molar-refractivity contribution in [2.24, 2.45) is 5.92 Å². The summed E-state index contributed by atoms with van der Waals surface area (Å²) in [6.45, 7) is 3.99. The van der Waals surface area contributed by atoms with Crippen molar-refractivity contribution in [1.82, 2.24) is 9.88 Å². The molecule has 1 aliphatic rings. The van der Waals surface area contributed by atoms with Crippen LogP contribution in [0.15, 0.2) is 36.4 Å². The predicted octanol–water partition coefficient (Wildman–Crippen LogP) is 4.90. The average molecular weight is 342 g/mol. The number of aromatic nitrogens is 1. The fourth-order valence-corrected chi connectivity index (χ4v) is 5.07. The van der Waals surface area contributed by atoms with Crippen LogP contribution in [0.1, 0.15) is 29.4 Å². The van der Waals surface area contributed by atoms with E-state index in [0.29, 0.717) is 5.92 Å². The lowest BCUT2D eigenvalue weighted by Crippen LogP contribution is -2.38. The smallest absolute Gasteiger partial charge is 0.263 e. The number of piperidine rings is 1. The summed E-state index contributed by atoms with van der Waals surface area (Å²) in [5.74, 6) is 0.783. The zero-order chi connectivity index (χ0) is 15.8. The van der Waals surface area contributed by atoms with E-state index >= 15 is 0 Å². The molecule has 23 heavy (non-hydrogen) atoms. The molecule has 1 saturated heterocycles. The van der Waals surface area contributed by atoms with Gasteiger partial charge in [-0.25, -0.2) is 4.98 Å². The van der Waals surface area contributed by atoms with Crippen LogP contribution < -0.4 is 0 Å². The molecule has 4 rings (SSSR count). The van der Waals surface area contributed by atoms with E-state index in [1.165, 1.54) is 11.1 Å². The van der Waals surface area contributed by atoms with Gasteiger partial charge in [-0.15, -0.1) is 22.7 Å². The third-order valence-corrected chi connectivity index (χ3v) is 6.54. The molecule has 0 spiro atoms. The van der Waals surface area contributed by atoms with Gasteiger partial charge in [0.2, 0.25) is 0 Å². The molecule has 0 N–H and O–H groups in total. The van der Waals surface area contributed by atoms with Gasteiger partial charge in [0.05, 0.1) is 20.0 Å². The molecule has 1 atom stereocenters. The number of rotatable bonds is 2. The predicted molar refractivity (Wildman–Crippen MR) is 97.2 cm³/mol. The number of carbonyl (C=O) groups excluding carboxylic acids is 1. The maximum absolute atomic E-state index is 12.7. The number of hydrogen-bond donors (Lipinski definition) is 0. The van der Waals surface area contributed by atoms with Crippen molar-refractivity contribution in [3.63, 3.8) is 0 Å². The van der Waals surface area contributed by atoms with Gasteiger partial charge in [-0.3, -0.25) is 4.79 Å². The molecule has 1 aromatic carbocycles. The number of amides is 1. The van der Waals surface area contributed by atoms with Crippen molar-refractivity contribution in [2.75, 3.05) is 13.1 Å². The average Bonchev–Trinajstić information content (AvgIpc) is 3.20. The first kappa shape index (κ1) is 14.8. The largest absolute Gasteiger partial charge is 0.338 e. The molecular weight excluding hydrogens is 324 g/mol. The molecule has 0 bridgehead atoms. The van der Waals surface area contributed by atoms with Gasteiger partial charge in [0, 0.05) is 13.1 Å². The van der Waals surface area contributed by atoms with E-state index in [1.54, 1.807) is 22.7 Å². The molecule has 3 heterocycles. The minimum atomic E-state index is 0.175. The fourth-order valence-electron chi connectivity index (χ4n) is 3.08. The number of carbonyl (C=O) groups is 1. The Kier molecular flexibility index (Phi) is 3.91. The first-order valence-corrected chi connectivity index (χ1v) is 9.59. The number of thiophene rings is 1. The molecule has 0 saturated carbocycles. The van der Waals surface area contributed by atoms with Gasteiger partial charge in [0.15, 0.2) is 0 Å². The van der Waals surface area contributed by atoms with Crippen LogP contribution in [0, 0.1) is 5.92 Å². The lowest BCUT2D eigenvalue weighted by molar-refractivity contribution is 0.0688. The van der Waals surface area contributed by atoms with Crippen LogP contribution in [-0.2, 0) is 0 Å². The number of nitrogens with zero attached hydrogens (tertiary/aromatic N) is 2. The SMILES string of the molecule is CC1CCCN(C(=O)c2ccc(-c3nc4ccccc4s3)s2)C1. The highest BCUT2D eigenvalue weighted by Gasteiger charge is 2.23. The van der Waals surface area contributed by atoms with E-state index in [4.69, 9.17) is 0 Å². The normalized spacial score (nSPS) is 18.5. The van der Waals surface area contributed by atoms with E-state index in [0.717, 1.165) is 39.8 Å². The second kappa shape index (κ2) is 6.06. The third-order valence-electron chi connectivity index (χ3n) is 4.27. The van der Waals surface area contributed by atoms with Crippen LogP contribution in [-0.4, -0.2) is 28.9 Å². The summed E-state index contributed by atoms with van der Waals surface area (Å²) < 4.78 is 1.19. The molecular formula is C18H18N2OS2. The first-order chi connectivity index (χ1) is 11.2. The number of thiazole rings is 1. The van der Waals surface area contributed by atoms with Crippen molar-refractivity contribution < 1.29 is 4.79 Å². The van der Waals surface area contributed by atoms with E-state index in [9.17, 15) is 4.79 Å². The second-order valence-electron chi connectivity index (χ2n) is 6.15. The zero-order valence-electron chi connectivity index (χ0n) is 13.0. The van der Waals surface area contributed by atoms with Crippen molar-refractivity contribution in [3.05, 3.63) is 41.3 Å². The monoisotopic (exact) mass is 342 g/mol. The lowest BCUT2D eigenvalue weighted by Gasteiger charge is -2.30. The van der Waals surface area contributed by atoms with Crippen molar-refractivity contribution in [2.45, 2.75) is 19.8 Å². The standard InChI is InChI=1S/C18H18N2OS2/c1-12-5-4-10-20(11-12)18(21)16-9-8-15(22-16)17-19-13-6-2-3-7-14(13)23-17/h2-3,6-9,12H,4-5,10-11H2,1H3. The van der Waals surface area contributed by atoms with Crippen LogP contribution in [0.25, 0.3) is 20.1 Å². The molecule has 0 aliphatic carbocycles. The number of hydrogen-bond acceptors (Lipinski definition) is 4. The Balaban J connectivity index is 1.59. The van der Waals surface area contributed by atoms with Crippen LogP contribution in [0.4, 0.5) is 0 Å². The maximum Gasteiger partial charge on any atom is 0.263 e. The summed E-state index contributed by atoms with van der Waals surface area (Å²) in [7, 11) is 0. The van der Waals surface area contributed by atoms with Gasteiger partial charge in [0.1, 0.15) is 5.01 Å². The highest BCUT2D eigenvalue weighted by Crippen LogP contribution is 2.35. The number of para-hydroxylation sites is 1. The number of likely N-dealkylation sites (tertiary alicyclic amines) is 1. The molecule has 2 aromatic heterocycles. The highest BCUT2D eigenvalue weighted by molar-refractivity contribution is 7.26. The third kappa shape index (κ3) is 2.91. The molecule has 118 valence electrons. The quantitative estimate of drug-likeness (QED) is 0.664. The van der Waals surface area contributed by atoms with E-state index in [-0.39, 0.29) is 5.91 Å². The van der Waals surface area contributed by atoms with Gasteiger partial charge < -0.3 is 4.90 Å². The first-order valence-electron chi connectivity index (χ1n) is 7.96. The summed E-state index contributed by atoms with van der Waals surface area (Å²) in [5.41, 5.74) is 1.03. The Labute approximate surface area is 143 Å². The molecule has 1 amide bonds. The minimum absolute atomic E-state index is 0.175. The summed E-state index contributed by atoms with van der Waals surface area (Å²) >= 11 is 3.25. The Morgan fingerprint density at radius 2 is 2.09 bits per heavy atom. The molecule has 0 radical (unpaired) electrons. The van der Waals surface area contributed by atoms with Crippen molar-refractivity contribution in [3.8, 4) is 9.88 Å².